The van der Waals surface area contributed by atoms with Crippen molar-refractivity contribution in [2.24, 2.45) is 0 Å². The molecule has 0 radical (unpaired) electrons. The smallest absolute Gasteiger partial charge is 0.0537 e. The molecule has 1 aliphatic carbocycles. The Labute approximate surface area is 119 Å². The Morgan fingerprint density at radius 3 is 2.44 bits per heavy atom. The summed E-state index contributed by atoms with van der Waals surface area (Å²) in [5.74, 6) is 0. The SMILES string of the molecule is CCNC(C1=CCCCC1)c1cc(Cl)cc(Cl)c1. The van der Waals surface area contributed by atoms with E-state index < -0.39 is 0 Å². The second kappa shape index (κ2) is 6.60. The fraction of sp³-hybridized carbons (Fsp3) is 0.467. The van der Waals surface area contributed by atoms with Crippen LogP contribution in [0.1, 0.15) is 44.2 Å². The molecule has 0 aliphatic heterocycles. The van der Waals surface area contributed by atoms with Gasteiger partial charge in [-0.1, -0.05) is 41.8 Å². The Kier molecular flexibility index (Phi) is 5.11. The van der Waals surface area contributed by atoms with E-state index in [1.54, 1.807) is 6.07 Å². The van der Waals surface area contributed by atoms with Gasteiger partial charge in [0.15, 0.2) is 0 Å². The molecule has 1 aliphatic rings. The summed E-state index contributed by atoms with van der Waals surface area (Å²) in [7, 11) is 0. The van der Waals surface area contributed by atoms with Crippen molar-refractivity contribution in [2.75, 3.05) is 6.54 Å². The Morgan fingerprint density at radius 1 is 1.17 bits per heavy atom. The van der Waals surface area contributed by atoms with Crippen LogP contribution in [0.5, 0.6) is 0 Å². The molecule has 0 bridgehead atoms. The zero-order chi connectivity index (χ0) is 13.0. The van der Waals surface area contributed by atoms with E-state index in [0.717, 1.165) is 6.54 Å². The quantitative estimate of drug-likeness (QED) is 0.754. The van der Waals surface area contributed by atoms with E-state index in [4.69, 9.17) is 23.2 Å². The van der Waals surface area contributed by atoms with Crippen LogP contribution >= 0.6 is 23.2 Å². The molecule has 1 aromatic rings. The topological polar surface area (TPSA) is 12.0 Å². The van der Waals surface area contributed by atoms with Gasteiger partial charge in [0.05, 0.1) is 6.04 Å². The normalized spacial score (nSPS) is 17.4. The molecule has 1 nitrogen and oxygen atoms in total. The standard InChI is InChI=1S/C15H19Cl2N/c1-2-18-15(11-6-4-3-5-7-11)12-8-13(16)10-14(17)9-12/h6,8-10,15,18H,2-5,7H2,1H3. The Hall–Kier alpha value is -0.500. The van der Waals surface area contributed by atoms with Crippen molar-refractivity contribution in [3.63, 3.8) is 0 Å². The van der Waals surface area contributed by atoms with Crippen molar-refractivity contribution in [1.82, 2.24) is 5.32 Å². The highest BCUT2D eigenvalue weighted by Crippen LogP contribution is 2.32. The maximum absolute atomic E-state index is 6.10. The van der Waals surface area contributed by atoms with E-state index in [2.05, 4.69) is 18.3 Å². The molecule has 0 saturated carbocycles. The van der Waals surface area contributed by atoms with E-state index in [0.29, 0.717) is 10.0 Å². The number of hydrogen-bond acceptors (Lipinski definition) is 1. The molecule has 0 aromatic heterocycles. The maximum Gasteiger partial charge on any atom is 0.0537 e. The predicted octanol–water partition coefficient (Wildman–Crippen LogP) is 5.14. The van der Waals surface area contributed by atoms with Gasteiger partial charge in [-0.05, 0) is 56.0 Å². The van der Waals surface area contributed by atoms with Crippen molar-refractivity contribution in [3.8, 4) is 0 Å². The largest absolute Gasteiger partial charge is 0.307 e. The lowest BCUT2D eigenvalue weighted by Gasteiger charge is -2.25. The molecular formula is C15H19Cl2N. The molecule has 18 heavy (non-hydrogen) atoms. The first-order chi connectivity index (χ1) is 8.70. The number of hydrogen-bond donors (Lipinski definition) is 1. The zero-order valence-corrected chi connectivity index (χ0v) is 12.2. The highest BCUT2D eigenvalue weighted by molar-refractivity contribution is 6.34. The van der Waals surface area contributed by atoms with Crippen LogP contribution in [0.4, 0.5) is 0 Å². The molecule has 0 amide bonds. The lowest BCUT2D eigenvalue weighted by atomic mass is 9.90. The highest BCUT2D eigenvalue weighted by Gasteiger charge is 2.18. The van der Waals surface area contributed by atoms with Gasteiger partial charge in [0.1, 0.15) is 0 Å². The molecule has 1 atom stereocenters. The Balaban J connectivity index is 2.31. The first-order valence-electron chi connectivity index (χ1n) is 6.59. The number of halogens is 2. The summed E-state index contributed by atoms with van der Waals surface area (Å²) < 4.78 is 0. The Bertz CT molecular complexity index is 420. The summed E-state index contributed by atoms with van der Waals surface area (Å²) >= 11 is 12.2. The van der Waals surface area contributed by atoms with E-state index in [1.807, 2.05) is 12.1 Å². The first-order valence-corrected chi connectivity index (χ1v) is 7.34. The fourth-order valence-electron chi connectivity index (χ4n) is 2.53. The van der Waals surface area contributed by atoms with Gasteiger partial charge in [0, 0.05) is 10.0 Å². The molecule has 0 heterocycles. The number of likely N-dealkylation sites (N-methyl/N-ethyl adjacent to an activating group) is 1. The average Bonchev–Trinajstić information content (AvgIpc) is 2.36. The summed E-state index contributed by atoms with van der Waals surface area (Å²) in [5, 5.41) is 4.95. The van der Waals surface area contributed by atoms with Gasteiger partial charge >= 0.3 is 0 Å². The molecule has 1 aromatic carbocycles. The van der Waals surface area contributed by atoms with E-state index >= 15 is 0 Å². The molecule has 1 N–H and O–H groups in total. The highest BCUT2D eigenvalue weighted by atomic mass is 35.5. The third-order valence-electron chi connectivity index (χ3n) is 3.32. The predicted molar refractivity (Wildman–Crippen MR) is 79.4 cm³/mol. The van der Waals surface area contributed by atoms with Crippen LogP contribution in [0, 0.1) is 0 Å². The van der Waals surface area contributed by atoms with Crippen molar-refractivity contribution in [1.29, 1.82) is 0 Å². The van der Waals surface area contributed by atoms with Crippen LogP contribution in [-0.2, 0) is 0 Å². The fourth-order valence-corrected chi connectivity index (χ4v) is 3.08. The molecule has 3 heteroatoms. The molecule has 0 spiro atoms. The number of rotatable bonds is 4. The summed E-state index contributed by atoms with van der Waals surface area (Å²) in [6.07, 6.45) is 7.31. The van der Waals surface area contributed by atoms with Crippen LogP contribution in [-0.4, -0.2) is 6.54 Å². The zero-order valence-electron chi connectivity index (χ0n) is 10.7. The summed E-state index contributed by atoms with van der Waals surface area (Å²) in [6, 6.07) is 6.06. The molecule has 1 unspecified atom stereocenters. The lowest BCUT2D eigenvalue weighted by molar-refractivity contribution is 0.564. The summed E-state index contributed by atoms with van der Waals surface area (Å²) in [6.45, 7) is 3.06. The average molecular weight is 284 g/mol. The van der Waals surface area contributed by atoms with Crippen LogP contribution in [0.2, 0.25) is 10.0 Å². The van der Waals surface area contributed by atoms with Gasteiger partial charge in [-0.15, -0.1) is 0 Å². The van der Waals surface area contributed by atoms with Crippen LogP contribution in [0.25, 0.3) is 0 Å². The minimum atomic E-state index is 0.256. The summed E-state index contributed by atoms with van der Waals surface area (Å²) in [4.78, 5) is 0. The number of benzene rings is 1. The first kappa shape index (κ1) is 13.9. The Morgan fingerprint density at radius 2 is 1.89 bits per heavy atom. The van der Waals surface area contributed by atoms with Crippen molar-refractivity contribution in [2.45, 2.75) is 38.6 Å². The van der Waals surface area contributed by atoms with Crippen LogP contribution in [0.15, 0.2) is 29.8 Å². The van der Waals surface area contributed by atoms with Crippen LogP contribution in [0.3, 0.4) is 0 Å². The molecule has 2 rings (SSSR count). The monoisotopic (exact) mass is 283 g/mol. The second-order valence-electron chi connectivity index (χ2n) is 4.72. The third-order valence-corrected chi connectivity index (χ3v) is 3.76. The molecule has 98 valence electrons. The van der Waals surface area contributed by atoms with Gasteiger partial charge in [0.25, 0.3) is 0 Å². The third kappa shape index (κ3) is 3.50. The maximum atomic E-state index is 6.10. The molecule has 0 saturated heterocycles. The molecule has 0 fully saturated rings. The number of allylic oxidation sites excluding steroid dienone is 1. The van der Waals surface area contributed by atoms with Crippen molar-refractivity contribution in [3.05, 3.63) is 45.5 Å². The van der Waals surface area contributed by atoms with Gasteiger partial charge in [-0.2, -0.15) is 0 Å². The van der Waals surface area contributed by atoms with E-state index in [9.17, 15) is 0 Å². The van der Waals surface area contributed by atoms with Crippen LogP contribution < -0.4 is 5.32 Å². The minimum Gasteiger partial charge on any atom is -0.307 e. The second-order valence-corrected chi connectivity index (χ2v) is 5.59. The van der Waals surface area contributed by atoms with E-state index in [-0.39, 0.29) is 6.04 Å². The lowest BCUT2D eigenvalue weighted by Crippen LogP contribution is -2.23. The minimum absolute atomic E-state index is 0.256. The number of nitrogens with one attached hydrogen (secondary N) is 1. The van der Waals surface area contributed by atoms with Crippen molar-refractivity contribution >= 4 is 23.2 Å². The van der Waals surface area contributed by atoms with Gasteiger partial charge in [0.2, 0.25) is 0 Å². The van der Waals surface area contributed by atoms with Gasteiger partial charge in [-0.3, -0.25) is 0 Å². The van der Waals surface area contributed by atoms with Gasteiger partial charge in [-0.25, -0.2) is 0 Å². The van der Waals surface area contributed by atoms with Crippen molar-refractivity contribution < 1.29 is 0 Å². The summed E-state index contributed by atoms with van der Waals surface area (Å²) in [5.41, 5.74) is 2.64. The van der Waals surface area contributed by atoms with Gasteiger partial charge < -0.3 is 5.32 Å². The van der Waals surface area contributed by atoms with E-state index in [1.165, 1.54) is 36.8 Å². The molecular weight excluding hydrogens is 265 g/mol.